The number of aryl methyl sites for hydroxylation is 1. The molecule has 0 spiro atoms. The van der Waals surface area contributed by atoms with Gasteiger partial charge in [-0.15, -0.1) is 11.3 Å². The van der Waals surface area contributed by atoms with Gasteiger partial charge in [0.2, 0.25) is 0 Å². The van der Waals surface area contributed by atoms with E-state index in [9.17, 15) is 9.90 Å². The number of hydrogen-bond acceptors (Lipinski definition) is 5. The fourth-order valence-electron chi connectivity index (χ4n) is 3.61. The van der Waals surface area contributed by atoms with Crippen LogP contribution in [0.4, 0.5) is 10.7 Å². The number of aromatic hydroxyl groups is 1. The van der Waals surface area contributed by atoms with Gasteiger partial charge in [0.05, 0.1) is 12.2 Å². The van der Waals surface area contributed by atoms with Gasteiger partial charge in [-0.1, -0.05) is 18.2 Å². The number of ether oxygens (including phenoxy) is 1. The Labute approximate surface area is 180 Å². The smallest absolute Gasteiger partial charge is 0.259 e. The van der Waals surface area contributed by atoms with Gasteiger partial charge < -0.3 is 15.2 Å². The second-order valence-electron chi connectivity index (χ2n) is 7.13. The molecule has 30 heavy (non-hydrogen) atoms. The van der Waals surface area contributed by atoms with Crippen molar-refractivity contribution in [3.8, 4) is 11.5 Å². The molecular formula is C24H24N2O3S. The third kappa shape index (κ3) is 4.39. The third-order valence-electron chi connectivity index (χ3n) is 5.03. The Balaban J connectivity index is 1.66. The molecule has 3 aromatic rings. The molecule has 0 fully saturated rings. The van der Waals surface area contributed by atoms with Gasteiger partial charge in [-0.25, -0.2) is 4.99 Å². The molecule has 0 atom stereocenters. The highest BCUT2D eigenvalue weighted by atomic mass is 32.1. The van der Waals surface area contributed by atoms with Crippen molar-refractivity contribution in [1.29, 1.82) is 0 Å². The molecule has 1 heterocycles. The van der Waals surface area contributed by atoms with Crippen LogP contribution >= 0.6 is 11.3 Å². The number of carbonyl (C=O) groups is 1. The summed E-state index contributed by atoms with van der Waals surface area (Å²) in [5.74, 6) is 0.408. The number of fused-ring (bicyclic) bond motifs is 1. The van der Waals surface area contributed by atoms with Gasteiger partial charge in [0.1, 0.15) is 5.00 Å². The number of anilines is 1. The zero-order chi connectivity index (χ0) is 20.9. The number of para-hydroxylation sites is 1. The van der Waals surface area contributed by atoms with E-state index in [1.165, 1.54) is 4.88 Å². The van der Waals surface area contributed by atoms with Crippen LogP contribution in [0.2, 0.25) is 0 Å². The number of nitrogens with one attached hydrogen (secondary N) is 1. The molecular weight excluding hydrogens is 396 g/mol. The Bertz CT molecular complexity index is 1070. The molecule has 0 saturated heterocycles. The Morgan fingerprint density at radius 3 is 2.80 bits per heavy atom. The zero-order valence-corrected chi connectivity index (χ0v) is 17.7. The van der Waals surface area contributed by atoms with Gasteiger partial charge in [-0.2, -0.15) is 0 Å². The molecule has 0 bridgehead atoms. The largest absolute Gasteiger partial charge is 0.504 e. The summed E-state index contributed by atoms with van der Waals surface area (Å²) in [6.45, 7) is 2.34. The van der Waals surface area contributed by atoms with Gasteiger partial charge in [0.25, 0.3) is 5.91 Å². The fourth-order valence-corrected chi connectivity index (χ4v) is 4.84. The first-order chi connectivity index (χ1) is 14.7. The molecule has 2 aromatic carbocycles. The lowest BCUT2D eigenvalue weighted by atomic mass is 9.95. The predicted octanol–water partition coefficient (Wildman–Crippen LogP) is 5.73. The Morgan fingerprint density at radius 1 is 1.20 bits per heavy atom. The lowest BCUT2D eigenvalue weighted by molar-refractivity contribution is 0.102. The molecule has 0 unspecified atom stereocenters. The van der Waals surface area contributed by atoms with E-state index in [2.05, 4.69) is 10.3 Å². The lowest BCUT2D eigenvalue weighted by Gasteiger charge is -2.12. The molecule has 4 rings (SSSR count). The molecule has 1 aliphatic carbocycles. The van der Waals surface area contributed by atoms with Crippen LogP contribution in [0.25, 0.3) is 0 Å². The van der Waals surface area contributed by atoms with Crippen molar-refractivity contribution >= 4 is 34.1 Å². The summed E-state index contributed by atoms with van der Waals surface area (Å²) in [7, 11) is 0. The number of hydrogen-bond donors (Lipinski definition) is 2. The summed E-state index contributed by atoms with van der Waals surface area (Å²) in [6, 6.07) is 14.6. The molecule has 2 N–H and O–H groups in total. The second-order valence-corrected chi connectivity index (χ2v) is 8.21. The maximum atomic E-state index is 13.1. The van der Waals surface area contributed by atoms with Crippen LogP contribution in [0.3, 0.4) is 0 Å². The highest BCUT2D eigenvalue weighted by Crippen LogP contribution is 2.40. The summed E-state index contributed by atoms with van der Waals surface area (Å²) in [4.78, 5) is 19.1. The summed E-state index contributed by atoms with van der Waals surface area (Å²) in [5.41, 5.74) is 3.39. The van der Waals surface area contributed by atoms with E-state index < -0.39 is 0 Å². The average molecular weight is 421 g/mol. The first-order valence-electron chi connectivity index (χ1n) is 10.2. The van der Waals surface area contributed by atoms with Crippen molar-refractivity contribution in [3.05, 3.63) is 70.1 Å². The number of carbonyl (C=O) groups excluding carboxylic acids is 1. The first kappa shape index (κ1) is 20.2. The fraction of sp³-hybridized carbons (Fsp3) is 0.250. The number of phenolic OH excluding ortho intramolecular Hbond substituents is 1. The molecule has 0 saturated carbocycles. The summed E-state index contributed by atoms with van der Waals surface area (Å²) < 4.78 is 5.45. The quantitative estimate of drug-likeness (QED) is 0.500. The molecule has 1 aliphatic rings. The normalized spacial score (nSPS) is 13.2. The van der Waals surface area contributed by atoms with Crippen molar-refractivity contribution < 1.29 is 14.6 Å². The number of phenols is 1. The topological polar surface area (TPSA) is 70.9 Å². The summed E-state index contributed by atoms with van der Waals surface area (Å²) >= 11 is 1.60. The zero-order valence-electron chi connectivity index (χ0n) is 16.9. The lowest BCUT2D eigenvalue weighted by Crippen LogP contribution is -2.14. The van der Waals surface area contributed by atoms with E-state index in [4.69, 9.17) is 4.74 Å². The van der Waals surface area contributed by atoms with Crippen molar-refractivity contribution in [2.24, 2.45) is 4.99 Å². The molecule has 6 heteroatoms. The minimum Gasteiger partial charge on any atom is -0.504 e. The SMILES string of the molecule is CCOc1cc(C=Nc2sc3c(c2C(=O)Nc2ccccc2)CCCC3)ccc1O. The number of benzene rings is 2. The Kier molecular flexibility index (Phi) is 6.14. The van der Waals surface area contributed by atoms with Crippen molar-refractivity contribution in [2.75, 3.05) is 11.9 Å². The Morgan fingerprint density at radius 2 is 2.00 bits per heavy atom. The minimum absolute atomic E-state index is 0.100. The number of nitrogens with zero attached hydrogens (tertiary/aromatic N) is 1. The molecule has 5 nitrogen and oxygen atoms in total. The average Bonchev–Trinajstić information content (AvgIpc) is 3.13. The van der Waals surface area contributed by atoms with Crippen LogP contribution in [0, 0.1) is 0 Å². The van der Waals surface area contributed by atoms with Gasteiger partial charge >= 0.3 is 0 Å². The van der Waals surface area contributed by atoms with E-state index in [0.717, 1.165) is 47.5 Å². The number of aliphatic imine (C=N–C) groups is 1. The molecule has 0 aliphatic heterocycles. The number of amides is 1. The van der Waals surface area contributed by atoms with E-state index in [1.54, 1.807) is 35.8 Å². The van der Waals surface area contributed by atoms with Crippen LogP contribution < -0.4 is 10.1 Å². The molecule has 1 aromatic heterocycles. The van der Waals surface area contributed by atoms with E-state index >= 15 is 0 Å². The maximum absolute atomic E-state index is 13.1. The van der Waals surface area contributed by atoms with E-state index in [0.29, 0.717) is 17.9 Å². The van der Waals surface area contributed by atoms with Crippen LogP contribution in [0.15, 0.2) is 53.5 Å². The predicted molar refractivity (Wildman–Crippen MR) is 122 cm³/mol. The van der Waals surface area contributed by atoms with Crippen LogP contribution in [-0.4, -0.2) is 23.8 Å². The van der Waals surface area contributed by atoms with Gasteiger partial charge in [-0.05, 0) is 74.1 Å². The Hall–Kier alpha value is -3.12. The van der Waals surface area contributed by atoms with Crippen LogP contribution in [0.1, 0.15) is 46.1 Å². The molecule has 154 valence electrons. The van der Waals surface area contributed by atoms with Gasteiger partial charge in [0, 0.05) is 16.8 Å². The van der Waals surface area contributed by atoms with Crippen molar-refractivity contribution in [3.63, 3.8) is 0 Å². The summed E-state index contributed by atoms with van der Waals surface area (Å²) in [5, 5.41) is 13.6. The van der Waals surface area contributed by atoms with E-state index in [1.807, 2.05) is 37.3 Å². The highest BCUT2D eigenvalue weighted by molar-refractivity contribution is 7.16. The van der Waals surface area contributed by atoms with Crippen molar-refractivity contribution in [2.45, 2.75) is 32.6 Å². The number of thiophene rings is 1. The molecule has 0 radical (unpaired) electrons. The van der Waals surface area contributed by atoms with Crippen molar-refractivity contribution in [1.82, 2.24) is 0 Å². The summed E-state index contributed by atoms with van der Waals surface area (Å²) in [6.07, 6.45) is 5.86. The minimum atomic E-state index is -0.117. The molecule has 1 amide bonds. The standard InChI is InChI=1S/C24H24N2O3S/c1-2-29-20-14-16(12-13-19(20)27)15-25-24-22(18-10-6-7-11-21(18)30-24)23(28)26-17-8-4-3-5-9-17/h3-5,8-9,12-15,27H,2,6-7,10-11H2,1H3,(H,26,28). The second kappa shape index (κ2) is 9.13. The van der Waals surface area contributed by atoms with Crippen LogP contribution in [0.5, 0.6) is 11.5 Å². The van der Waals surface area contributed by atoms with Gasteiger partial charge in [-0.3, -0.25) is 4.79 Å². The maximum Gasteiger partial charge on any atom is 0.259 e. The monoisotopic (exact) mass is 420 g/mol. The van der Waals surface area contributed by atoms with Gasteiger partial charge in [0.15, 0.2) is 11.5 Å². The highest BCUT2D eigenvalue weighted by Gasteiger charge is 2.25. The third-order valence-corrected chi connectivity index (χ3v) is 6.23. The van der Waals surface area contributed by atoms with Crippen LogP contribution in [-0.2, 0) is 12.8 Å². The van der Waals surface area contributed by atoms with E-state index in [-0.39, 0.29) is 11.7 Å². The number of rotatable bonds is 6. The first-order valence-corrected chi connectivity index (χ1v) is 11.0.